The van der Waals surface area contributed by atoms with Gasteiger partial charge in [-0.1, -0.05) is 0 Å². The number of aromatic nitrogens is 2. The summed E-state index contributed by atoms with van der Waals surface area (Å²) in [5, 5.41) is 0. The van der Waals surface area contributed by atoms with Crippen molar-refractivity contribution in [2.45, 2.75) is 19.4 Å². The molecule has 1 saturated heterocycles. The van der Waals surface area contributed by atoms with E-state index in [1.54, 1.807) is 6.20 Å². The zero-order valence-electron chi connectivity index (χ0n) is 11.1. The van der Waals surface area contributed by atoms with Crippen LogP contribution in [0.15, 0.2) is 12.4 Å². The van der Waals surface area contributed by atoms with E-state index in [0.717, 1.165) is 44.6 Å². The number of carbonyl (C=O) groups excluding carboxylic acids is 1. The molecule has 1 unspecified atom stereocenters. The molecular formula is C13H21N3O2. The Morgan fingerprint density at radius 3 is 3.06 bits per heavy atom. The summed E-state index contributed by atoms with van der Waals surface area (Å²) in [5.41, 5.74) is -0.335. The molecule has 1 aliphatic rings. The van der Waals surface area contributed by atoms with E-state index in [2.05, 4.69) is 9.88 Å². The maximum Gasteiger partial charge on any atom is 0.129 e. The Balaban J connectivity index is 1.95. The standard InChI is InChI=1S/C13H21N3O2/c1-15(8-12-14-5-6-16(12)2)9-13(10-17)4-3-7-18-11-13/h5-6,10H,3-4,7-9,11H2,1-2H3. The lowest BCUT2D eigenvalue weighted by atomic mass is 9.83. The van der Waals surface area contributed by atoms with Gasteiger partial charge in [0, 0.05) is 32.6 Å². The predicted molar refractivity (Wildman–Crippen MR) is 68.1 cm³/mol. The molecule has 0 aromatic carbocycles. The van der Waals surface area contributed by atoms with Gasteiger partial charge >= 0.3 is 0 Å². The average molecular weight is 251 g/mol. The summed E-state index contributed by atoms with van der Waals surface area (Å²) in [6.07, 6.45) is 6.68. The summed E-state index contributed by atoms with van der Waals surface area (Å²) in [6, 6.07) is 0. The molecule has 1 aromatic rings. The van der Waals surface area contributed by atoms with Crippen molar-refractivity contribution in [3.63, 3.8) is 0 Å². The molecule has 5 heteroatoms. The van der Waals surface area contributed by atoms with E-state index in [4.69, 9.17) is 4.74 Å². The van der Waals surface area contributed by atoms with Crippen LogP contribution in [0.4, 0.5) is 0 Å². The first-order chi connectivity index (χ1) is 8.65. The van der Waals surface area contributed by atoms with E-state index in [9.17, 15) is 4.79 Å². The smallest absolute Gasteiger partial charge is 0.129 e. The summed E-state index contributed by atoms with van der Waals surface area (Å²) >= 11 is 0. The van der Waals surface area contributed by atoms with Crippen LogP contribution in [0.5, 0.6) is 0 Å². The van der Waals surface area contributed by atoms with Gasteiger partial charge in [-0.05, 0) is 19.9 Å². The lowest BCUT2D eigenvalue weighted by Crippen LogP contribution is -2.43. The second-order valence-corrected chi connectivity index (χ2v) is 5.26. The molecule has 0 N–H and O–H groups in total. The molecule has 1 atom stereocenters. The highest BCUT2D eigenvalue weighted by Gasteiger charge is 2.33. The number of imidazole rings is 1. The second kappa shape index (κ2) is 5.63. The zero-order valence-corrected chi connectivity index (χ0v) is 11.1. The Kier molecular flexibility index (Phi) is 4.14. The highest BCUT2D eigenvalue weighted by molar-refractivity contribution is 5.60. The van der Waals surface area contributed by atoms with Gasteiger partial charge in [0.25, 0.3) is 0 Å². The Morgan fingerprint density at radius 1 is 1.67 bits per heavy atom. The third-order valence-corrected chi connectivity index (χ3v) is 3.52. The van der Waals surface area contributed by atoms with Crippen molar-refractivity contribution < 1.29 is 9.53 Å². The van der Waals surface area contributed by atoms with Gasteiger partial charge in [0.1, 0.15) is 12.1 Å². The number of aryl methyl sites for hydroxylation is 1. The van der Waals surface area contributed by atoms with Crippen molar-refractivity contribution in [2.24, 2.45) is 12.5 Å². The zero-order chi connectivity index (χ0) is 13.0. The van der Waals surface area contributed by atoms with Gasteiger partial charge in [0.2, 0.25) is 0 Å². The summed E-state index contributed by atoms with van der Waals surface area (Å²) in [5.74, 6) is 1.01. The third kappa shape index (κ3) is 2.97. The van der Waals surface area contributed by atoms with Crippen LogP contribution in [-0.2, 0) is 23.1 Å². The molecule has 0 bridgehead atoms. The molecule has 0 saturated carbocycles. The Morgan fingerprint density at radius 2 is 2.50 bits per heavy atom. The lowest BCUT2D eigenvalue weighted by Gasteiger charge is -2.35. The normalized spacial score (nSPS) is 24.4. The van der Waals surface area contributed by atoms with Crippen LogP contribution in [0.2, 0.25) is 0 Å². The first kappa shape index (κ1) is 13.2. The van der Waals surface area contributed by atoms with Crippen LogP contribution >= 0.6 is 0 Å². The first-order valence-electron chi connectivity index (χ1n) is 6.34. The van der Waals surface area contributed by atoms with Crippen LogP contribution in [-0.4, -0.2) is 47.5 Å². The lowest BCUT2D eigenvalue weighted by molar-refractivity contribution is -0.125. The molecule has 1 aromatic heterocycles. The van der Waals surface area contributed by atoms with Crippen LogP contribution < -0.4 is 0 Å². The number of hydrogen-bond acceptors (Lipinski definition) is 4. The van der Waals surface area contributed by atoms with E-state index < -0.39 is 0 Å². The summed E-state index contributed by atoms with van der Waals surface area (Å²) in [4.78, 5) is 17.8. The van der Waals surface area contributed by atoms with E-state index in [1.807, 2.05) is 24.9 Å². The van der Waals surface area contributed by atoms with Crippen LogP contribution in [0.3, 0.4) is 0 Å². The number of ether oxygens (including phenoxy) is 1. The van der Waals surface area contributed by atoms with Crippen LogP contribution in [0, 0.1) is 5.41 Å². The van der Waals surface area contributed by atoms with E-state index in [0.29, 0.717) is 6.61 Å². The number of aldehydes is 1. The largest absolute Gasteiger partial charge is 0.380 e. The first-order valence-corrected chi connectivity index (χ1v) is 6.34. The molecule has 1 fully saturated rings. The molecule has 2 heterocycles. The minimum Gasteiger partial charge on any atom is -0.380 e. The summed E-state index contributed by atoms with van der Waals surface area (Å²) in [6.45, 7) is 2.79. The maximum atomic E-state index is 11.4. The van der Waals surface area contributed by atoms with Crippen molar-refractivity contribution in [3.05, 3.63) is 18.2 Å². The molecule has 5 nitrogen and oxygen atoms in total. The van der Waals surface area contributed by atoms with Gasteiger partial charge in [-0.15, -0.1) is 0 Å². The topological polar surface area (TPSA) is 47.4 Å². The molecule has 100 valence electrons. The van der Waals surface area contributed by atoms with Gasteiger partial charge in [0.15, 0.2) is 0 Å². The number of nitrogens with zero attached hydrogens (tertiary/aromatic N) is 3. The molecule has 0 radical (unpaired) electrons. The van der Waals surface area contributed by atoms with Crippen molar-refractivity contribution in [2.75, 3.05) is 26.8 Å². The Hall–Kier alpha value is -1.20. The van der Waals surface area contributed by atoms with Gasteiger partial charge in [0.05, 0.1) is 18.6 Å². The van der Waals surface area contributed by atoms with Gasteiger partial charge in [-0.25, -0.2) is 4.98 Å². The van der Waals surface area contributed by atoms with E-state index >= 15 is 0 Å². The molecule has 18 heavy (non-hydrogen) atoms. The van der Waals surface area contributed by atoms with Gasteiger partial charge in [-0.3, -0.25) is 4.90 Å². The summed E-state index contributed by atoms with van der Waals surface area (Å²) in [7, 11) is 4.00. The van der Waals surface area contributed by atoms with E-state index in [-0.39, 0.29) is 5.41 Å². The van der Waals surface area contributed by atoms with Crippen molar-refractivity contribution in [1.82, 2.24) is 14.5 Å². The van der Waals surface area contributed by atoms with Crippen molar-refractivity contribution in [1.29, 1.82) is 0 Å². The van der Waals surface area contributed by atoms with Gasteiger partial charge < -0.3 is 14.1 Å². The third-order valence-electron chi connectivity index (χ3n) is 3.52. The maximum absolute atomic E-state index is 11.4. The number of hydrogen-bond donors (Lipinski definition) is 0. The van der Waals surface area contributed by atoms with Crippen LogP contribution in [0.1, 0.15) is 18.7 Å². The number of rotatable bonds is 5. The second-order valence-electron chi connectivity index (χ2n) is 5.26. The highest BCUT2D eigenvalue weighted by Crippen LogP contribution is 2.27. The molecule has 1 aliphatic heterocycles. The Bertz CT molecular complexity index is 397. The number of carbonyl (C=O) groups is 1. The minimum absolute atomic E-state index is 0.335. The van der Waals surface area contributed by atoms with Crippen molar-refractivity contribution in [3.8, 4) is 0 Å². The molecule has 0 aliphatic carbocycles. The quantitative estimate of drug-likeness (QED) is 0.728. The molecule has 2 rings (SSSR count). The monoisotopic (exact) mass is 251 g/mol. The minimum atomic E-state index is -0.335. The molecule has 0 amide bonds. The molecular weight excluding hydrogens is 230 g/mol. The fraction of sp³-hybridized carbons (Fsp3) is 0.692. The summed E-state index contributed by atoms with van der Waals surface area (Å²) < 4.78 is 7.46. The fourth-order valence-corrected chi connectivity index (χ4v) is 2.51. The highest BCUT2D eigenvalue weighted by atomic mass is 16.5. The SMILES string of the molecule is CN(Cc1nccn1C)CC1(C=O)CCCOC1. The average Bonchev–Trinajstić information content (AvgIpc) is 2.76. The fourth-order valence-electron chi connectivity index (χ4n) is 2.51. The van der Waals surface area contributed by atoms with Crippen molar-refractivity contribution >= 4 is 6.29 Å². The Labute approximate surface area is 108 Å². The predicted octanol–water partition coefficient (Wildman–Crippen LogP) is 0.848. The van der Waals surface area contributed by atoms with Crippen LogP contribution in [0.25, 0.3) is 0 Å². The van der Waals surface area contributed by atoms with E-state index in [1.165, 1.54) is 0 Å². The molecule has 0 spiro atoms. The van der Waals surface area contributed by atoms with Gasteiger partial charge in [-0.2, -0.15) is 0 Å².